The SMILES string of the molecule is C=CCN(CC(=O)O)c1nccc2occc12. The van der Waals surface area contributed by atoms with E-state index >= 15 is 0 Å². The Balaban J connectivity index is 2.43. The number of nitrogens with zero attached hydrogens (tertiary/aromatic N) is 2. The molecule has 0 bridgehead atoms. The number of rotatable bonds is 5. The van der Waals surface area contributed by atoms with Gasteiger partial charge in [-0.05, 0) is 12.1 Å². The lowest BCUT2D eigenvalue weighted by atomic mass is 10.3. The fourth-order valence-electron chi connectivity index (χ4n) is 1.68. The number of anilines is 1. The first-order valence-corrected chi connectivity index (χ1v) is 5.12. The minimum atomic E-state index is -0.908. The number of carbonyl (C=O) groups is 1. The molecule has 0 atom stereocenters. The topological polar surface area (TPSA) is 66.6 Å². The number of carboxylic acid groups (broad SMARTS) is 1. The Hall–Kier alpha value is -2.30. The van der Waals surface area contributed by atoms with Crippen LogP contribution in [0.25, 0.3) is 11.0 Å². The van der Waals surface area contributed by atoms with Gasteiger partial charge in [-0.15, -0.1) is 6.58 Å². The molecule has 0 fully saturated rings. The van der Waals surface area contributed by atoms with Crippen molar-refractivity contribution in [3.05, 3.63) is 37.2 Å². The molecule has 0 aromatic carbocycles. The fourth-order valence-corrected chi connectivity index (χ4v) is 1.68. The molecule has 2 heterocycles. The van der Waals surface area contributed by atoms with Crippen molar-refractivity contribution in [3.63, 3.8) is 0 Å². The fraction of sp³-hybridized carbons (Fsp3) is 0.167. The predicted molar refractivity (Wildman–Crippen MR) is 64.1 cm³/mol. The van der Waals surface area contributed by atoms with Crippen molar-refractivity contribution >= 4 is 22.8 Å². The smallest absolute Gasteiger partial charge is 0.323 e. The van der Waals surface area contributed by atoms with Crippen LogP contribution in [0.15, 0.2) is 41.7 Å². The van der Waals surface area contributed by atoms with Crippen molar-refractivity contribution in [2.75, 3.05) is 18.0 Å². The molecular weight excluding hydrogens is 220 g/mol. The second-order valence-corrected chi connectivity index (χ2v) is 3.53. The van der Waals surface area contributed by atoms with Gasteiger partial charge in [-0.2, -0.15) is 0 Å². The second-order valence-electron chi connectivity index (χ2n) is 3.53. The number of hydrogen-bond acceptors (Lipinski definition) is 4. The average molecular weight is 232 g/mol. The summed E-state index contributed by atoms with van der Waals surface area (Å²) in [6, 6.07) is 3.52. The summed E-state index contributed by atoms with van der Waals surface area (Å²) in [7, 11) is 0. The summed E-state index contributed by atoms with van der Waals surface area (Å²) in [5.41, 5.74) is 0.689. The van der Waals surface area contributed by atoms with Crippen molar-refractivity contribution in [1.82, 2.24) is 4.98 Å². The van der Waals surface area contributed by atoms with Gasteiger partial charge >= 0.3 is 5.97 Å². The molecule has 5 nitrogen and oxygen atoms in total. The molecule has 17 heavy (non-hydrogen) atoms. The number of hydrogen-bond donors (Lipinski definition) is 1. The Morgan fingerprint density at radius 2 is 2.41 bits per heavy atom. The highest BCUT2D eigenvalue weighted by molar-refractivity contribution is 5.90. The third kappa shape index (κ3) is 2.28. The van der Waals surface area contributed by atoms with Gasteiger partial charge in [-0.1, -0.05) is 6.08 Å². The van der Waals surface area contributed by atoms with Gasteiger partial charge < -0.3 is 14.4 Å². The number of pyridine rings is 1. The molecule has 0 aliphatic heterocycles. The average Bonchev–Trinajstić information content (AvgIpc) is 2.75. The number of furan rings is 1. The van der Waals surface area contributed by atoms with Crippen molar-refractivity contribution in [1.29, 1.82) is 0 Å². The molecule has 88 valence electrons. The Labute approximate surface area is 98.0 Å². The number of aliphatic carboxylic acids is 1. The minimum absolute atomic E-state index is 0.122. The van der Waals surface area contributed by atoms with Crippen LogP contribution in [0.5, 0.6) is 0 Å². The van der Waals surface area contributed by atoms with E-state index in [9.17, 15) is 4.79 Å². The lowest BCUT2D eigenvalue weighted by molar-refractivity contribution is -0.135. The predicted octanol–water partition coefficient (Wildman–Crippen LogP) is 1.90. The van der Waals surface area contributed by atoms with E-state index in [1.54, 1.807) is 35.6 Å². The van der Waals surface area contributed by atoms with Crippen LogP contribution in [-0.2, 0) is 4.79 Å². The molecule has 0 radical (unpaired) electrons. The number of aromatic nitrogens is 1. The molecule has 0 saturated heterocycles. The highest BCUT2D eigenvalue weighted by Crippen LogP contribution is 2.24. The Kier molecular flexibility index (Phi) is 3.09. The Bertz CT molecular complexity index is 547. The molecule has 2 rings (SSSR count). The summed E-state index contributed by atoms with van der Waals surface area (Å²) >= 11 is 0. The molecule has 0 aliphatic rings. The van der Waals surface area contributed by atoms with Gasteiger partial charge in [-0.3, -0.25) is 4.79 Å². The van der Waals surface area contributed by atoms with E-state index < -0.39 is 5.97 Å². The lowest BCUT2D eigenvalue weighted by Crippen LogP contribution is -2.30. The highest BCUT2D eigenvalue weighted by Gasteiger charge is 2.14. The van der Waals surface area contributed by atoms with E-state index in [2.05, 4.69) is 11.6 Å². The molecule has 5 heteroatoms. The van der Waals surface area contributed by atoms with Crippen LogP contribution in [0.4, 0.5) is 5.82 Å². The zero-order valence-corrected chi connectivity index (χ0v) is 9.17. The summed E-state index contributed by atoms with van der Waals surface area (Å²) in [5, 5.41) is 9.67. The second kappa shape index (κ2) is 4.69. The highest BCUT2D eigenvalue weighted by atomic mass is 16.4. The van der Waals surface area contributed by atoms with E-state index in [4.69, 9.17) is 9.52 Å². The third-order valence-electron chi connectivity index (χ3n) is 2.33. The summed E-state index contributed by atoms with van der Waals surface area (Å²) in [6.07, 6.45) is 4.80. The number of fused-ring (bicyclic) bond motifs is 1. The normalized spacial score (nSPS) is 10.4. The maximum atomic E-state index is 10.8. The van der Waals surface area contributed by atoms with E-state index in [1.807, 2.05) is 0 Å². The van der Waals surface area contributed by atoms with Crippen molar-refractivity contribution in [2.45, 2.75) is 0 Å². The third-order valence-corrected chi connectivity index (χ3v) is 2.33. The monoisotopic (exact) mass is 232 g/mol. The van der Waals surface area contributed by atoms with Gasteiger partial charge in [0.15, 0.2) is 0 Å². The van der Waals surface area contributed by atoms with Crippen LogP contribution in [0.2, 0.25) is 0 Å². The summed E-state index contributed by atoms with van der Waals surface area (Å²) in [5.74, 6) is -0.312. The molecular formula is C12H12N2O3. The molecule has 1 N–H and O–H groups in total. The Morgan fingerprint density at radius 1 is 1.59 bits per heavy atom. The first kappa shape index (κ1) is 11.2. The van der Waals surface area contributed by atoms with Gasteiger partial charge in [0.05, 0.1) is 11.6 Å². The van der Waals surface area contributed by atoms with E-state index in [0.29, 0.717) is 17.9 Å². The van der Waals surface area contributed by atoms with E-state index in [1.165, 1.54) is 0 Å². The number of carboxylic acids is 1. The Morgan fingerprint density at radius 3 is 3.12 bits per heavy atom. The maximum absolute atomic E-state index is 10.8. The first-order valence-electron chi connectivity index (χ1n) is 5.12. The van der Waals surface area contributed by atoms with Gasteiger partial charge in [-0.25, -0.2) is 4.98 Å². The standard InChI is InChI=1S/C12H12N2O3/c1-2-6-14(8-11(15)16)12-9-4-7-17-10(9)3-5-13-12/h2-5,7H,1,6,8H2,(H,15,16). The van der Waals surface area contributed by atoms with Gasteiger partial charge in [0.25, 0.3) is 0 Å². The molecule has 0 amide bonds. The van der Waals surface area contributed by atoms with Crippen LogP contribution >= 0.6 is 0 Å². The molecule has 0 saturated carbocycles. The first-order chi connectivity index (χ1) is 8.22. The molecule has 0 spiro atoms. The molecule has 2 aromatic rings. The summed E-state index contributed by atoms with van der Waals surface area (Å²) in [4.78, 5) is 16.6. The lowest BCUT2D eigenvalue weighted by Gasteiger charge is -2.20. The quantitative estimate of drug-likeness (QED) is 0.797. The van der Waals surface area contributed by atoms with Crippen LogP contribution in [0, 0.1) is 0 Å². The minimum Gasteiger partial charge on any atom is -0.480 e. The molecule has 0 unspecified atom stereocenters. The zero-order valence-electron chi connectivity index (χ0n) is 9.17. The van der Waals surface area contributed by atoms with E-state index in [0.717, 1.165) is 5.39 Å². The van der Waals surface area contributed by atoms with Crippen molar-refractivity contribution in [3.8, 4) is 0 Å². The van der Waals surface area contributed by atoms with Crippen LogP contribution in [0.1, 0.15) is 0 Å². The van der Waals surface area contributed by atoms with E-state index in [-0.39, 0.29) is 6.54 Å². The molecule has 0 aliphatic carbocycles. The van der Waals surface area contributed by atoms with Gasteiger partial charge in [0.1, 0.15) is 17.9 Å². The van der Waals surface area contributed by atoms with Crippen LogP contribution < -0.4 is 4.90 Å². The zero-order chi connectivity index (χ0) is 12.3. The van der Waals surface area contributed by atoms with Crippen LogP contribution in [-0.4, -0.2) is 29.1 Å². The maximum Gasteiger partial charge on any atom is 0.323 e. The molecule has 2 aromatic heterocycles. The van der Waals surface area contributed by atoms with Gasteiger partial charge in [0.2, 0.25) is 0 Å². The van der Waals surface area contributed by atoms with Crippen molar-refractivity contribution in [2.24, 2.45) is 0 Å². The summed E-state index contributed by atoms with van der Waals surface area (Å²) in [6.45, 7) is 3.91. The summed E-state index contributed by atoms with van der Waals surface area (Å²) < 4.78 is 5.25. The van der Waals surface area contributed by atoms with Crippen LogP contribution in [0.3, 0.4) is 0 Å². The largest absolute Gasteiger partial charge is 0.480 e. The van der Waals surface area contributed by atoms with Crippen molar-refractivity contribution < 1.29 is 14.3 Å². The van der Waals surface area contributed by atoms with Gasteiger partial charge in [0, 0.05) is 12.7 Å².